The highest BCUT2D eigenvalue weighted by Gasteiger charge is 2.18. The predicted octanol–water partition coefficient (Wildman–Crippen LogP) is 3.89. The lowest BCUT2D eigenvalue weighted by Crippen LogP contribution is -2.22. The van der Waals surface area contributed by atoms with Crippen LogP contribution in [0.4, 0.5) is 15.8 Å². The van der Waals surface area contributed by atoms with Crippen LogP contribution in [0.15, 0.2) is 71.6 Å². The van der Waals surface area contributed by atoms with E-state index in [0.29, 0.717) is 16.9 Å². The van der Waals surface area contributed by atoms with E-state index in [1.165, 1.54) is 56.6 Å². The molecule has 0 aliphatic rings. The first-order chi connectivity index (χ1) is 15.1. The van der Waals surface area contributed by atoms with Crippen LogP contribution < -0.4 is 10.6 Å². The molecule has 0 unspecified atom stereocenters. The van der Waals surface area contributed by atoms with Crippen molar-refractivity contribution in [3.05, 3.63) is 89.2 Å². The van der Waals surface area contributed by atoms with Gasteiger partial charge in [-0.15, -0.1) is 0 Å². The number of benzene rings is 3. The van der Waals surface area contributed by atoms with Crippen molar-refractivity contribution in [2.45, 2.75) is 11.8 Å². The summed E-state index contributed by atoms with van der Waals surface area (Å²) in [7, 11) is -0.810. The molecule has 0 fully saturated rings. The molecular weight excluding hydrogens is 433 g/mol. The van der Waals surface area contributed by atoms with Gasteiger partial charge >= 0.3 is 0 Å². The minimum atomic E-state index is -3.65. The van der Waals surface area contributed by atoms with Crippen molar-refractivity contribution in [2.75, 3.05) is 24.7 Å². The van der Waals surface area contributed by atoms with Gasteiger partial charge in [-0.25, -0.2) is 17.1 Å². The van der Waals surface area contributed by atoms with Crippen LogP contribution in [0.5, 0.6) is 0 Å². The lowest BCUT2D eigenvalue weighted by molar-refractivity contribution is 0.101. The van der Waals surface area contributed by atoms with Gasteiger partial charge in [-0.2, -0.15) is 0 Å². The molecule has 0 aliphatic carbocycles. The van der Waals surface area contributed by atoms with E-state index in [2.05, 4.69) is 10.6 Å². The Balaban J connectivity index is 1.82. The molecule has 0 radical (unpaired) electrons. The van der Waals surface area contributed by atoms with Gasteiger partial charge in [-0.3, -0.25) is 9.59 Å². The van der Waals surface area contributed by atoms with E-state index in [1.807, 2.05) is 0 Å². The molecule has 3 aromatic carbocycles. The van der Waals surface area contributed by atoms with Crippen LogP contribution in [-0.2, 0) is 10.0 Å². The van der Waals surface area contributed by atoms with Crippen molar-refractivity contribution < 1.29 is 22.4 Å². The van der Waals surface area contributed by atoms with Gasteiger partial charge in [-0.1, -0.05) is 24.3 Å². The highest BCUT2D eigenvalue weighted by atomic mass is 32.2. The average Bonchev–Trinajstić information content (AvgIpc) is 2.75. The SMILES string of the molecule is Cc1ccc(C(=O)Nc2cccc(S(=O)(=O)N(C)C)c2)cc1NC(=O)c1ccccc1F. The standard InChI is InChI=1S/C23H22FN3O4S/c1-15-11-12-16(13-21(15)26-23(29)19-9-4-5-10-20(19)24)22(28)25-17-7-6-8-18(14-17)32(30,31)27(2)3/h4-14H,1-3H3,(H,25,28)(H,26,29). The topological polar surface area (TPSA) is 95.6 Å². The molecule has 0 atom stereocenters. The fraction of sp³-hybridized carbons (Fsp3) is 0.130. The first-order valence-electron chi connectivity index (χ1n) is 9.60. The minimum Gasteiger partial charge on any atom is -0.322 e. The summed E-state index contributed by atoms with van der Waals surface area (Å²) in [5, 5.41) is 5.28. The molecule has 7 nitrogen and oxygen atoms in total. The fourth-order valence-electron chi connectivity index (χ4n) is 2.88. The first kappa shape index (κ1) is 23.1. The van der Waals surface area contributed by atoms with Gasteiger partial charge in [0.1, 0.15) is 5.82 Å². The summed E-state index contributed by atoms with van der Waals surface area (Å²) in [5.74, 6) is -1.78. The molecule has 2 N–H and O–H groups in total. The van der Waals surface area contributed by atoms with E-state index in [9.17, 15) is 22.4 Å². The summed E-state index contributed by atoms with van der Waals surface area (Å²) < 4.78 is 39.6. The molecule has 0 aliphatic heterocycles. The van der Waals surface area contributed by atoms with E-state index in [4.69, 9.17) is 0 Å². The van der Waals surface area contributed by atoms with Gasteiger partial charge in [0, 0.05) is 31.0 Å². The second kappa shape index (κ2) is 9.29. The Labute approximate surface area is 185 Å². The monoisotopic (exact) mass is 455 g/mol. The maximum absolute atomic E-state index is 13.9. The highest BCUT2D eigenvalue weighted by molar-refractivity contribution is 7.89. The zero-order valence-corrected chi connectivity index (χ0v) is 18.5. The van der Waals surface area contributed by atoms with E-state index >= 15 is 0 Å². The second-order valence-corrected chi connectivity index (χ2v) is 9.38. The minimum absolute atomic E-state index is 0.0436. The van der Waals surface area contributed by atoms with Crippen LogP contribution in [0.25, 0.3) is 0 Å². The molecule has 0 saturated carbocycles. The smallest absolute Gasteiger partial charge is 0.258 e. The molecule has 32 heavy (non-hydrogen) atoms. The molecule has 9 heteroatoms. The van der Waals surface area contributed by atoms with E-state index in [1.54, 1.807) is 31.2 Å². The molecule has 0 bridgehead atoms. The third kappa shape index (κ3) is 5.01. The summed E-state index contributed by atoms with van der Waals surface area (Å²) >= 11 is 0. The Bertz CT molecular complexity index is 1290. The predicted molar refractivity (Wildman–Crippen MR) is 121 cm³/mol. The summed E-state index contributed by atoms with van der Waals surface area (Å²) in [6.07, 6.45) is 0. The van der Waals surface area contributed by atoms with Crippen LogP contribution in [0.1, 0.15) is 26.3 Å². The normalized spacial score (nSPS) is 11.3. The Morgan fingerprint density at radius 3 is 2.28 bits per heavy atom. The number of aryl methyl sites for hydroxylation is 1. The third-order valence-electron chi connectivity index (χ3n) is 4.74. The summed E-state index contributed by atoms with van der Waals surface area (Å²) in [6.45, 7) is 1.74. The Morgan fingerprint density at radius 2 is 1.59 bits per heavy atom. The fourth-order valence-corrected chi connectivity index (χ4v) is 3.83. The van der Waals surface area contributed by atoms with Gasteiger partial charge in [0.15, 0.2) is 0 Å². The first-order valence-corrected chi connectivity index (χ1v) is 11.0. The number of anilines is 2. The van der Waals surface area contributed by atoms with Gasteiger partial charge in [0.2, 0.25) is 10.0 Å². The van der Waals surface area contributed by atoms with Crippen molar-refractivity contribution in [2.24, 2.45) is 0 Å². The number of hydrogen-bond acceptors (Lipinski definition) is 4. The second-order valence-electron chi connectivity index (χ2n) is 7.23. The van der Waals surface area contributed by atoms with Crippen LogP contribution in [0, 0.1) is 12.7 Å². The van der Waals surface area contributed by atoms with Crippen LogP contribution in [0.2, 0.25) is 0 Å². The van der Waals surface area contributed by atoms with Gasteiger partial charge in [0.25, 0.3) is 11.8 Å². The lowest BCUT2D eigenvalue weighted by atomic mass is 10.1. The van der Waals surface area contributed by atoms with Crippen LogP contribution >= 0.6 is 0 Å². The molecule has 3 aromatic rings. The zero-order chi connectivity index (χ0) is 23.5. The van der Waals surface area contributed by atoms with Crippen LogP contribution in [0.3, 0.4) is 0 Å². The van der Waals surface area contributed by atoms with Gasteiger partial charge in [-0.05, 0) is 55.0 Å². The van der Waals surface area contributed by atoms with Crippen molar-refractivity contribution in [3.8, 4) is 0 Å². The van der Waals surface area contributed by atoms with Crippen molar-refractivity contribution >= 4 is 33.2 Å². The highest BCUT2D eigenvalue weighted by Crippen LogP contribution is 2.22. The molecule has 0 heterocycles. The molecule has 2 amide bonds. The van der Waals surface area contributed by atoms with Gasteiger partial charge in [0.05, 0.1) is 10.5 Å². The molecule has 0 aromatic heterocycles. The van der Waals surface area contributed by atoms with E-state index in [0.717, 1.165) is 4.31 Å². The van der Waals surface area contributed by atoms with E-state index in [-0.39, 0.29) is 16.0 Å². The maximum atomic E-state index is 13.9. The number of hydrogen-bond donors (Lipinski definition) is 2. The molecular formula is C23H22FN3O4S. The number of sulfonamides is 1. The summed E-state index contributed by atoms with van der Waals surface area (Å²) in [4.78, 5) is 25.2. The number of rotatable bonds is 6. The summed E-state index contributed by atoms with van der Waals surface area (Å²) in [6, 6.07) is 16.2. The van der Waals surface area contributed by atoms with Gasteiger partial charge < -0.3 is 10.6 Å². The number of amides is 2. The summed E-state index contributed by atoms with van der Waals surface area (Å²) in [5.41, 5.74) is 1.47. The largest absolute Gasteiger partial charge is 0.322 e. The average molecular weight is 456 g/mol. The van der Waals surface area contributed by atoms with Crippen molar-refractivity contribution in [1.29, 1.82) is 0 Å². The zero-order valence-electron chi connectivity index (χ0n) is 17.7. The molecule has 0 saturated heterocycles. The molecule has 166 valence electrons. The van der Waals surface area contributed by atoms with Crippen molar-refractivity contribution in [1.82, 2.24) is 4.31 Å². The molecule has 0 spiro atoms. The lowest BCUT2D eigenvalue weighted by Gasteiger charge is -2.13. The number of halogens is 1. The van der Waals surface area contributed by atoms with Crippen molar-refractivity contribution in [3.63, 3.8) is 0 Å². The Kier molecular flexibility index (Phi) is 6.71. The molecule has 3 rings (SSSR count). The number of carbonyl (C=O) groups is 2. The Morgan fingerprint density at radius 1 is 0.875 bits per heavy atom. The van der Waals surface area contributed by atoms with Crippen LogP contribution in [-0.4, -0.2) is 38.6 Å². The number of nitrogens with zero attached hydrogens (tertiary/aromatic N) is 1. The quantitative estimate of drug-likeness (QED) is 0.590. The third-order valence-corrected chi connectivity index (χ3v) is 6.55. The van der Waals surface area contributed by atoms with E-state index < -0.39 is 27.7 Å². The number of carbonyl (C=O) groups excluding carboxylic acids is 2. The Hall–Kier alpha value is -3.56. The maximum Gasteiger partial charge on any atom is 0.258 e. The number of nitrogens with one attached hydrogen (secondary N) is 2.